The highest BCUT2D eigenvalue weighted by Crippen LogP contribution is 2.49. The van der Waals surface area contributed by atoms with Crippen LogP contribution in [0, 0.1) is 0 Å². The second kappa shape index (κ2) is 6.00. The van der Waals surface area contributed by atoms with Crippen molar-refractivity contribution in [3.05, 3.63) is 35.6 Å². The number of benzene rings is 1. The number of furan rings is 1. The summed E-state index contributed by atoms with van der Waals surface area (Å²) in [5.41, 5.74) is -0.0613. The number of aromatic hydroxyl groups is 1. The van der Waals surface area contributed by atoms with Gasteiger partial charge in [-0.2, -0.15) is 13.2 Å². The molecule has 134 valence electrons. The van der Waals surface area contributed by atoms with Crippen LogP contribution in [0.4, 0.5) is 19.1 Å². The zero-order valence-corrected chi connectivity index (χ0v) is 13.7. The Morgan fingerprint density at radius 1 is 1.08 bits per heavy atom. The van der Waals surface area contributed by atoms with Crippen molar-refractivity contribution in [2.24, 2.45) is 0 Å². The first kappa shape index (κ1) is 16.4. The minimum absolute atomic E-state index is 0.0191. The zero-order chi connectivity index (χ0) is 17.6. The fourth-order valence-electron chi connectivity index (χ4n) is 3.54. The smallest absolute Gasteiger partial charge is 0.416 e. The molecule has 4 rings (SSSR count). The molecule has 2 aliphatic rings. The van der Waals surface area contributed by atoms with Crippen LogP contribution in [0.1, 0.15) is 55.8 Å². The lowest BCUT2D eigenvalue weighted by Gasteiger charge is -2.10. The van der Waals surface area contributed by atoms with Crippen LogP contribution in [0.25, 0.3) is 11.1 Å². The van der Waals surface area contributed by atoms with Gasteiger partial charge in [0.15, 0.2) is 11.5 Å². The van der Waals surface area contributed by atoms with Gasteiger partial charge in [0, 0.05) is 12.0 Å². The topological polar surface area (TPSA) is 45.4 Å². The summed E-state index contributed by atoms with van der Waals surface area (Å²) in [5.74, 6) is 1.02. The van der Waals surface area contributed by atoms with E-state index in [1.807, 2.05) is 0 Å². The lowest BCUT2D eigenvalue weighted by atomic mass is 9.99. The van der Waals surface area contributed by atoms with E-state index in [2.05, 4.69) is 5.32 Å². The Morgan fingerprint density at radius 3 is 2.44 bits per heavy atom. The molecular formula is C19H20F3NO2. The summed E-state index contributed by atoms with van der Waals surface area (Å²) in [6.45, 7) is 0. The van der Waals surface area contributed by atoms with Gasteiger partial charge in [-0.25, -0.2) is 0 Å². The van der Waals surface area contributed by atoms with Crippen LogP contribution in [0.2, 0.25) is 0 Å². The Balaban J connectivity index is 1.79. The number of alkyl halides is 3. The average molecular weight is 351 g/mol. The molecule has 25 heavy (non-hydrogen) atoms. The Bertz CT molecular complexity index is 771. The highest BCUT2D eigenvalue weighted by Gasteiger charge is 2.34. The summed E-state index contributed by atoms with van der Waals surface area (Å²) in [5, 5.41) is 14.0. The fraction of sp³-hybridized carbons (Fsp3) is 0.474. The van der Waals surface area contributed by atoms with Crippen molar-refractivity contribution in [3.63, 3.8) is 0 Å². The second-order valence-electron chi connectivity index (χ2n) is 7.00. The molecule has 0 aliphatic heterocycles. The van der Waals surface area contributed by atoms with Crippen molar-refractivity contribution in [2.45, 2.75) is 56.7 Å². The fourth-order valence-corrected chi connectivity index (χ4v) is 3.54. The van der Waals surface area contributed by atoms with E-state index >= 15 is 0 Å². The molecule has 0 atom stereocenters. The monoisotopic (exact) mass is 351 g/mol. The number of anilines is 1. The van der Waals surface area contributed by atoms with Crippen LogP contribution in [0.15, 0.2) is 28.7 Å². The highest BCUT2D eigenvalue weighted by atomic mass is 19.4. The van der Waals surface area contributed by atoms with E-state index in [1.165, 1.54) is 6.07 Å². The molecule has 0 amide bonds. The van der Waals surface area contributed by atoms with Gasteiger partial charge in [-0.05, 0) is 43.4 Å². The van der Waals surface area contributed by atoms with E-state index in [0.29, 0.717) is 22.8 Å². The summed E-state index contributed by atoms with van der Waals surface area (Å²) < 4.78 is 45.1. The highest BCUT2D eigenvalue weighted by molar-refractivity contribution is 5.82. The first-order chi connectivity index (χ1) is 11.9. The standard InChI is InChI=1S/C19H20F3NO2/c20-19(21,22)13-7-3-6-12(10-13)15-16(24)17(11-4-1-2-5-11)25-18(15)23-14-8-9-14/h3,6-7,10-11,14,23-24H,1-2,4-5,8-9H2. The second-order valence-corrected chi connectivity index (χ2v) is 7.00. The summed E-state index contributed by atoms with van der Waals surface area (Å²) >= 11 is 0. The van der Waals surface area contributed by atoms with E-state index in [9.17, 15) is 18.3 Å². The molecule has 0 saturated heterocycles. The van der Waals surface area contributed by atoms with Crippen molar-refractivity contribution in [1.29, 1.82) is 0 Å². The lowest BCUT2D eigenvalue weighted by molar-refractivity contribution is -0.137. The third-order valence-corrected chi connectivity index (χ3v) is 5.03. The minimum Gasteiger partial charge on any atom is -0.504 e. The number of halogens is 3. The maximum Gasteiger partial charge on any atom is 0.416 e. The van der Waals surface area contributed by atoms with Gasteiger partial charge >= 0.3 is 6.18 Å². The van der Waals surface area contributed by atoms with Crippen LogP contribution >= 0.6 is 0 Å². The van der Waals surface area contributed by atoms with E-state index in [0.717, 1.165) is 50.7 Å². The zero-order valence-electron chi connectivity index (χ0n) is 13.7. The normalized spacial score (nSPS) is 18.7. The Labute approximate surface area is 143 Å². The first-order valence-corrected chi connectivity index (χ1v) is 8.73. The summed E-state index contributed by atoms with van der Waals surface area (Å²) in [4.78, 5) is 0. The average Bonchev–Trinajstić information content (AvgIpc) is 3.10. The van der Waals surface area contributed by atoms with Crippen LogP contribution in [0.3, 0.4) is 0 Å². The molecule has 1 heterocycles. The number of hydrogen-bond donors (Lipinski definition) is 2. The Morgan fingerprint density at radius 2 is 1.80 bits per heavy atom. The molecular weight excluding hydrogens is 331 g/mol. The maximum atomic E-state index is 13.1. The van der Waals surface area contributed by atoms with E-state index in [-0.39, 0.29) is 17.7 Å². The third-order valence-electron chi connectivity index (χ3n) is 5.03. The molecule has 0 radical (unpaired) electrons. The van der Waals surface area contributed by atoms with Gasteiger partial charge in [-0.15, -0.1) is 0 Å². The predicted molar refractivity (Wildman–Crippen MR) is 88.7 cm³/mol. The van der Waals surface area contributed by atoms with Crippen LogP contribution < -0.4 is 5.32 Å². The van der Waals surface area contributed by atoms with Crippen molar-refractivity contribution >= 4 is 5.88 Å². The van der Waals surface area contributed by atoms with Crippen LogP contribution in [-0.4, -0.2) is 11.1 Å². The molecule has 0 spiro atoms. The summed E-state index contributed by atoms with van der Waals surface area (Å²) in [6.07, 6.45) is 1.61. The van der Waals surface area contributed by atoms with Crippen molar-refractivity contribution in [2.75, 3.05) is 5.32 Å². The molecule has 0 unspecified atom stereocenters. The number of hydrogen-bond acceptors (Lipinski definition) is 3. The third kappa shape index (κ3) is 3.22. The summed E-state index contributed by atoms with van der Waals surface area (Å²) in [6, 6.07) is 5.32. The summed E-state index contributed by atoms with van der Waals surface area (Å²) in [7, 11) is 0. The Kier molecular flexibility index (Phi) is 3.93. The van der Waals surface area contributed by atoms with Gasteiger partial charge in [-0.1, -0.05) is 25.0 Å². The number of nitrogens with one attached hydrogen (secondary N) is 1. The predicted octanol–water partition coefficient (Wildman–Crippen LogP) is 5.90. The first-order valence-electron chi connectivity index (χ1n) is 8.73. The Hall–Kier alpha value is -2.11. The quantitative estimate of drug-likeness (QED) is 0.720. The van der Waals surface area contributed by atoms with Crippen LogP contribution in [0.5, 0.6) is 5.75 Å². The SMILES string of the molecule is Oc1c(C2CCCC2)oc(NC2CC2)c1-c1cccc(C(F)(F)F)c1. The molecule has 2 N–H and O–H groups in total. The molecule has 0 bridgehead atoms. The van der Waals surface area contributed by atoms with Gasteiger partial charge in [0.1, 0.15) is 0 Å². The van der Waals surface area contributed by atoms with Gasteiger partial charge < -0.3 is 14.8 Å². The van der Waals surface area contributed by atoms with E-state index in [1.54, 1.807) is 6.07 Å². The molecule has 2 saturated carbocycles. The van der Waals surface area contributed by atoms with Crippen molar-refractivity contribution in [3.8, 4) is 16.9 Å². The van der Waals surface area contributed by atoms with Crippen molar-refractivity contribution < 1.29 is 22.7 Å². The van der Waals surface area contributed by atoms with Crippen molar-refractivity contribution in [1.82, 2.24) is 0 Å². The number of rotatable bonds is 4. The van der Waals surface area contributed by atoms with Gasteiger partial charge in [0.2, 0.25) is 5.88 Å². The molecule has 2 aliphatic carbocycles. The minimum atomic E-state index is -4.42. The van der Waals surface area contributed by atoms with Gasteiger partial charge in [0.25, 0.3) is 0 Å². The maximum absolute atomic E-state index is 13.1. The largest absolute Gasteiger partial charge is 0.504 e. The molecule has 2 fully saturated rings. The molecule has 3 nitrogen and oxygen atoms in total. The lowest BCUT2D eigenvalue weighted by Crippen LogP contribution is -2.05. The van der Waals surface area contributed by atoms with Crippen LogP contribution in [-0.2, 0) is 6.18 Å². The van der Waals surface area contributed by atoms with E-state index in [4.69, 9.17) is 4.42 Å². The molecule has 6 heteroatoms. The van der Waals surface area contributed by atoms with Gasteiger partial charge in [0.05, 0.1) is 11.1 Å². The molecule has 1 aromatic heterocycles. The van der Waals surface area contributed by atoms with E-state index < -0.39 is 11.7 Å². The molecule has 1 aromatic carbocycles. The molecule has 2 aromatic rings. The van der Waals surface area contributed by atoms with Gasteiger partial charge in [-0.3, -0.25) is 0 Å².